The zero-order valence-electron chi connectivity index (χ0n) is 15.3. The summed E-state index contributed by atoms with van der Waals surface area (Å²) in [5.74, 6) is 0.712. The minimum absolute atomic E-state index is 0.144. The Morgan fingerprint density at radius 2 is 1.70 bits per heavy atom. The van der Waals surface area contributed by atoms with Gasteiger partial charge in [0.15, 0.2) is 0 Å². The highest BCUT2D eigenvalue weighted by Crippen LogP contribution is 2.24. The topological polar surface area (TPSA) is 88.2 Å². The quantitative estimate of drug-likeness (QED) is 0.640. The van der Waals surface area contributed by atoms with Gasteiger partial charge in [0, 0.05) is 24.9 Å². The summed E-state index contributed by atoms with van der Waals surface area (Å²) in [5, 5.41) is 20.2. The molecule has 0 saturated heterocycles. The summed E-state index contributed by atoms with van der Waals surface area (Å²) in [4.78, 5) is 11.8. The molecule has 0 spiro atoms. The Hall–Kier alpha value is -2.99. The molecule has 1 amide bonds. The van der Waals surface area contributed by atoms with Gasteiger partial charge in [0.1, 0.15) is 0 Å². The van der Waals surface area contributed by atoms with E-state index in [0.29, 0.717) is 24.6 Å². The number of aliphatic hydroxyl groups excluding tert-OH is 1. The predicted molar refractivity (Wildman–Crippen MR) is 103 cm³/mol. The molecule has 6 nitrogen and oxygen atoms in total. The molecule has 27 heavy (non-hydrogen) atoms. The first-order chi connectivity index (χ1) is 13.2. The maximum atomic E-state index is 11.8. The lowest BCUT2D eigenvalue weighted by Crippen LogP contribution is -2.31. The van der Waals surface area contributed by atoms with Crippen molar-refractivity contribution in [1.29, 1.82) is 0 Å². The highest BCUT2D eigenvalue weighted by atomic mass is 16.4. The molecule has 0 bridgehead atoms. The first kappa shape index (κ1) is 18.8. The second kappa shape index (κ2) is 9.09. The van der Waals surface area contributed by atoms with E-state index in [9.17, 15) is 9.90 Å². The molecular weight excluding hydrogens is 342 g/mol. The Bertz CT molecular complexity index is 860. The highest BCUT2D eigenvalue weighted by molar-refractivity contribution is 5.76. The summed E-state index contributed by atoms with van der Waals surface area (Å²) < 4.78 is 5.66. The van der Waals surface area contributed by atoms with Crippen LogP contribution in [0.15, 0.2) is 59.0 Å². The number of carbonyl (C=O) groups excluding carboxylic acids is 1. The number of aryl methyl sites for hydroxylation is 1. The van der Waals surface area contributed by atoms with Crippen molar-refractivity contribution in [2.24, 2.45) is 0 Å². The van der Waals surface area contributed by atoms with Crippen LogP contribution in [0.4, 0.5) is 0 Å². The number of amides is 1. The zero-order valence-corrected chi connectivity index (χ0v) is 15.3. The monoisotopic (exact) mass is 365 g/mol. The van der Waals surface area contributed by atoms with E-state index in [1.54, 1.807) is 0 Å². The summed E-state index contributed by atoms with van der Waals surface area (Å²) in [7, 11) is 0. The van der Waals surface area contributed by atoms with E-state index in [0.717, 1.165) is 16.7 Å². The van der Waals surface area contributed by atoms with E-state index in [1.807, 2.05) is 49.4 Å². The molecule has 3 aromatic rings. The van der Waals surface area contributed by atoms with Crippen LogP contribution in [0.1, 0.15) is 25.7 Å². The van der Waals surface area contributed by atoms with Crippen LogP contribution in [0.25, 0.3) is 22.6 Å². The van der Waals surface area contributed by atoms with Crippen molar-refractivity contribution in [3.05, 3.63) is 60.5 Å². The highest BCUT2D eigenvalue weighted by Gasteiger charge is 2.11. The lowest BCUT2D eigenvalue weighted by atomic mass is 10.0. The molecule has 3 rings (SSSR count). The Kier molecular flexibility index (Phi) is 6.33. The lowest BCUT2D eigenvalue weighted by molar-refractivity contribution is -0.121. The fraction of sp³-hybridized carbons (Fsp3) is 0.286. The Morgan fingerprint density at radius 1 is 1.04 bits per heavy atom. The van der Waals surface area contributed by atoms with Gasteiger partial charge in [0.25, 0.3) is 0 Å². The van der Waals surface area contributed by atoms with Gasteiger partial charge in [-0.25, -0.2) is 0 Å². The molecule has 0 radical (unpaired) electrons. The van der Waals surface area contributed by atoms with Crippen LogP contribution in [-0.4, -0.2) is 33.9 Å². The van der Waals surface area contributed by atoms with Gasteiger partial charge in [-0.1, -0.05) is 49.4 Å². The molecule has 6 heteroatoms. The van der Waals surface area contributed by atoms with Gasteiger partial charge in [0.2, 0.25) is 17.7 Å². The maximum Gasteiger partial charge on any atom is 0.247 e. The Labute approximate surface area is 158 Å². The number of nitrogens with zero attached hydrogens (tertiary/aromatic N) is 2. The van der Waals surface area contributed by atoms with Crippen molar-refractivity contribution < 1.29 is 14.3 Å². The summed E-state index contributed by atoms with van der Waals surface area (Å²) in [5.41, 5.74) is 3.10. The van der Waals surface area contributed by atoms with E-state index in [-0.39, 0.29) is 18.9 Å². The number of hydrogen-bond acceptors (Lipinski definition) is 5. The number of hydrogen-bond donors (Lipinski definition) is 2. The SMILES string of the molecule is CCC(O)CNC(=O)CCc1nnc(-c2ccc(-c3ccccc3)cc2)o1. The third-order valence-corrected chi connectivity index (χ3v) is 4.28. The normalized spacial score (nSPS) is 11.9. The van der Waals surface area contributed by atoms with E-state index in [4.69, 9.17) is 4.42 Å². The van der Waals surface area contributed by atoms with Crippen LogP contribution in [0, 0.1) is 0 Å². The molecule has 1 unspecified atom stereocenters. The molecule has 140 valence electrons. The summed E-state index contributed by atoms with van der Waals surface area (Å²) in [6, 6.07) is 18.0. The molecule has 0 aliphatic heterocycles. The van der Waals surface area contributed by atoms with Crippen LogP contribution in [0.2, 0.25) is 0 Å². The zero-order chi connectivity index (χ0) is 19.1. The molecular formula is C21H23N3O3. The smallest absolute Gasteiger partial charge is 0.247 e. The average molecular weight is 365 g/mol. The number of benzene rings is 2. The Balaban J connectivity index is 1.57. The fourth-order valence-electron chi connectivity index (χ4n) is 2.59. The first-order valence-electron chi connectivity index (χ1n) is 9.08. The van der Waals surface area contributed by atoms with Crippen LogP contribution in [0.3, 0.4) is 0 Å². The first-order valence-corrected chi connectivity index (χ1v) is 9.08. The van der Waals surface area contributed by atoms with E-state index >= 15 is 0 Å². The molecule has 2 N–H and O–H groups in total. The molecule has 1 atom stereocenters. The van der Waals surface area contributed by atoms with Gasteiger partial charge in [-0.15, -0.1) is 10.2 Å². The van der Waals surface area contributed by atoms with Crippen molar-refractivity contribution >= 4 is 5.91 Å². The molecule has 0 fully saturated rings. The third kappa shape index (κ3) is 5.24. The van der Waals surface area contributed by atoms with E-state index < -0.39 is 6.10 Å². The summed E-state index contributed by atoms with van der Waals surface area (Å²) >= 11 is 0. The van der Waals surface area contributed by atoms with E-state index in [1.165, 1.54) is 0 Å². The third-order valence-electron chi connectivity index (χ3n) is 4.28. The van der Waals surface area contributed by atoms with E-state index in [2.05, 4.69) is 27.6 Å². The molecule has 1 aromatic heterocycles. The molecule has 0 saturated carbocycles. The summed E-state index contributed by atoms with van der Waals surface area (Å²) in [6.45, 7) is 2.13. The number of nitrogens with one attached hydrogen (secondary N) is 1. The summed E-state index contributed by atoms with van der Waals surface area (Å²) in [6.07, 6.45) is 0.702. The van der Waals surface area contributed by atoms with Crippen LogP contribution < -0.4 is 5.32 Å². The molecule has 0 aliphatic rings. The molecule has 1 heterocycles. The number of aromatic nitrogens is 2. The average Bonchev–Trinajstić information content (AvgIpc) is 3.20. The Morgan fingerprint density at radius 3 is 2.41 bits per heavy atom. The second-order valence-electron chi connectivity index (χ2n) is 6.31. The minimum atomic E-state index is -0.511. The van der Waals surface area contributed by atoms with Gasteiger partial charge in [-0.05, 0) is 29.7 Å². The number of rotatable bonds is 8. The number of carbonyl (C=O) groups is 1. The lowest BCUT2D eigenvalue weighted by Gasteiger charge is -2.08. The van der Waals surface area contributed by atoms with Crippen LogP contribution in [0.5, 0.6) is 0 Å². The van der Waals surface area contributed by atoms with Crippen molar-refractivity contribution in [2.75, 3.05) is 6.54 Å². The van der Waals surface area contributed by atoms with Gasteiger partial charge in [-0.2, -0.15) is 0 Å². The van der Waals surface area contributed by atoms with Gasteiger partial charge < -0.3 is 14.8 Å². The predicted octanol–water partition coefficient (Wildman–Crippen LogP) is 3.22. The van der Waals surface area contributed by atoms with Gasteiger partial charge >= 0.3 is 0 Å². The van der Waals surface area contributed by atoms with Crippen molar-refractivity contribution in [1.82, 2.24) is 15.5 Å². The van der Waals surface area contributed by atoms with Crippen LogP contribution >= 0.6 is 0 Å². The van der Waals surface area contributed by atoms with Gasteiger partial charge in [0.05, 0.1) is 6.10 Å². The fourth-order valence-corrected chi connectivity index (χ4v) is 2.59. The van der Waals surface area contributed by atoms with Crippen molar-refractivity contribution in [3.63, 3.8) is 0 Å². The second-order valence-corrected chi connectivity index (χ2v) is 6.31. The van der Waals surface area contributed by atoms with Gasteiger partial charge in [-0.3, -0.25) is 4.79 Å². The standard InChI is InChI=1S/C21H23N3O3/c1-2-18(25)14-22-19(26)12-13-20-23-24-21(27-20)17-10-8-16(9-11-17)15-6-4-3-5-7-15/h3-11,18,25H,2,12-14H2,1H3,(H,22,26). The van der Waals surface area contributed by atoms with Crippen molar-refractivity contribution in [3.8, 4) is 22.6 Å². The number of aliphatic hydroxyl groups is 1. The van der Waals surface area contributed by atoms with Crippen LogP contribution in [-0.2, 0) is 11.2 Å². The molecule has 0 aliphatic carbocycles. The largest absolute Gasteiger partial charge is 0.421 e. The van der Waals surface area contributed by atoms with Crippen molar-refractivity contribution in [2.45, 2.75) is 32.3 Å². The maximum absolute atomic E-state index is 11.8. The minimum Gasteiger partial charge on any atom is -0.421 e. The molecule has 2 aromatic carbocycles.